The molecule has 14 aliphatic rings. The van der Waals surface area contributed by atoms with E-state index in [4.69, 9.17) is 66.7 Å². The van der Waals surface area contributed by atoms with Gasteiger partial charge < -0.3 is 82.7 Å². The summed E-state index contributed by atoms with van der Waals surface area (Å²) >= 11 is 0. The van der Waals surface area contributed by atoms with Gasteiger partial charge in [-0.3, -0.25) is 4.57 Å². The number of piperazine rings is 1. The molecule has 30 nitrogen and oxygen atoms in total. The Morgan fingerprint density at radius 3 is 0.939 bits per heavy atom. The van der Waals surface area contributed by atoms with Crippen LogP contribution in [-0.2, 0) is 4.74 Å². The second kappa shape index (κ2) is 39.5. The molecule has 8 atom stereocenters. The standard InChI is InChI=1S/C29H34FN7O.C28H31FN6O2.C28H27FN6O.C28H26FN5O2/c1-17-18-3-5-19(6-4-18)27(17)34-25-14-23(24-7-8-26(38-24)37-11-9-36(2)10-12-37)33-29(35-25)22-16-32-28-21(22)13-20(30)15-31-28;1-16-17-2-4-18(5-3-17)26(16)33-24-13-22(23-6-7-25(37-23)35-8-10-36-11-9-35)32-28(34-24)21-15-31-27-20(21)12-19(29)14-30-27;1-16-17-4-6-18(7-5-17)26(16)33-24-13-22(23-8-9-25(36-23)35-10-2-3-11-35)32-28(34-24)21-15-31-27-20(21)12-19(29)14-30-27;1-15-16-4-6-17(7-5-16)26(15)33-25-12-21(22-8-9-24(36-22)23-3-2-10-35-23)32-28(34-25)20-14-31-27-19(20)11-18(29)13-30-27/h7-8,13-19,27H,3-6,9-12H2,1-2H3,(H,31,32)(H,33,34,35);6-7,12-18,26H,2-5,8-11H2,1H3,(H,30,31)(H,32,33,34);2-3,8-18,26H,4-7H2,1H3,(H,30,31)(H,32,33,34);2-3,8-17,26H,4-7H2,1H3,(H,30,31)(H,32,33,34). The van der Waals surface area contributed by atoms with E-state index >= 15 is 0 Å². The van der Waals surface area contributed by atoms with E-state index in [1.54, 1.807) is 24.9 Å². The summed E-state index contributed by atoms with van der Waals surface area (Å²) in [6.07, 6.45) is 38.3. The minimum atomic E-state index is -0.404. The predicted molar refractivity (Wildman–Crippen MR) is 557 cm³/mol. The van der Waals surface area contributed by atoms with Crippen molar-refractivity contribution >= 4 is 79.2 Å². The molecule has 18 aromatic rings. The normalized spacial score (nSPS) is 24.6. The molecule has 0 aromatic carbocycles. The highest BCUT2D eigenvalue weighted by molar-refractivity contribution is 5.95. The van der Waals surface area contributed by atoms with Crippen molar-refractivity contribution in [2.45, 2.75) is 155 Å². The third-order valence-electron chi connectivity index (χ3n) is 33.8. The van der Waals surface area contributed by atoms with E-state index in [-0.39, 0.29) is 5.82 Å². The Morgan fingerprint density at radius 1 is 0.313 bits per heavy atom. The van der Waals surface area contributed by atoms with Crippen molar-refractivity contribution in [2.75, 3.05) is 90.6 Å². The summed E-state index contributed by atoms with van der Waals surface area (Å²) in [6, 6.07) is 38.4. The maximum Gasteiger partial charge on any atom is 0.204 e. The molecule has 0 radical (unpaired) electrons. The van der Waals surface area contributed by atoms with Crippen LogP contribution in [0.25, 0.3) is 153 Å². The van der Waals surface area contributed by atoms with Gasteiger partial charge in [0.15, 0.2) is 69.6 Å². The highest BCUT2D eigenvalue weighted by atomic mass is 19.1. The van der Waals surface area contributed by atoms with Gasteiger partial charge in [0.2, 0.25) is 5.88 Å². The summed E-state index contributed by atoms with van der Waals surface area (Å²) < 4.78 is 94.1. The van der Waals surface area contributed by atoms with E-state index in [0.717, 1.165) is 104 Å². The Hall–Kier alpha value is -14.8. The van der Waals surface area contributed by atoms with Gasteiger partial charge >= 0.3 is 0 Å². The third kappa shape index (κ3) is 18.8. The van der Waals surface area contributed by atoms with Crippen molar-refractivity contribution in [2.24, 2.45) is 71.0 Å². The van der Waals surface area contributed by atoms with Crippen LogP contribution in [0.4, 0.5) is 52.6 Å². The molecule has 14 fully saturated rings. The van der Waals surface area contributed by atoms with Crippen LogP contribution >= 0.6 is 0 Å². The van der Waals surface area contributed by atoms with Crippen LogP contribution in [0.5, 0.6) is 0 Å². The SMILES string of the molecule is CC1C2CCC(CC2)C1Nc1cc(-c2ccc(-c3ccco3)o2)nc(-c2c[nH]c3ncc(F)cc23)n1.CC1C2CCC(CC2)C1Nc1cc(-c2ccc(-n3cccc3)o2)nc(-c2c[nH]c3ncc(F)cc23)n1.CC1C2CCC(CC2)C1Nc1cc(-c2ccc(N3CCN(C)CC3)o2)nc(-c2c[nH]c3ncc(F)cc23)n1.CC1C2CCC(CC2)C1Nc1cc(-c2ccc(N3CCOCC3)o2)nc(-c2c[nH]c3ncc(F)cc23)n1. The van der Waals surface area contributed by atoms with Crippen molar-refractivity contribution in [3.63, 3.8) is 0 Å². The van der Waals surface area contributed by atoms with Crippen molar-refractivity contribution in [1.82, 2.24) is 89.2 Å². The van der Waals surface area contributed by atoms with Gasteiger partial charge in [0, 0.05) is 187 Å². The number of nitrogens with zero attached hydrogens (tertiary/aromatic N) is 16. The largest absolute Gasteiger partial charge is 0.461 e. The maximum absolute atomic E-state index is 14.1. The summed E-state index contributed by atoms with van der Waals surface area (Å²) in [7, 11) is 2.15. The van der Waals surface area contributed by atoms with Gasteiger partial charge in [0.25, 0.3) is 0 Å². The second-order valence-electron chi connectivity index (χ2n) is 42.2. The van der Waals surface area contributed by atoms with Gasteiger partial charge in [0.05, 0.1) is 44.3 Å². The predicted octanol–water partition coefficient (Wildman–Crippen LogP) is 24.3. The van der Waals surface area contributed by atoms with Crippen LogP contribution in [0.2, 0.25) is 0 Å². The minimum absolute atomic E-state index is 0.366. The number of furan rings is 5. The summed E-state index contributed by atoms with van der Waals surface area (Å²) in [6.45, 7) is 16.3. The van der Waals surface area contributed by atoms with E-state index in [1.165, 1.54) is 152 Å². The highest BCUT2D eigenvalue weighted by Gasteiger charge is 2.46. The summed E-state index contributed by atoms with van der Waals surface area (Å²) in [5.74, 6) is 17.9. The molecule has 8 bridgehead atoms. The number of aromatic amines is 4. The van der Waals surface area contributed by atoms with Crippen molar-refractivity contribution in [1.29, 1.82) is 0 Å². The fourth-order valence-electron chi connectivity index (χ4n) is 25.6. The average molecular weight is 1980 g/mol. The molecule has 147 heavy (non-hydrogen) atoms. The number of hydrogen-bond donors (Lipinski definition) is 8. The van der Waals surface area contributed by atoms with Crippen molar-refractivity contribution in [3.05, 3.63) is 213 Å². The first-order valence-electron chi connectivity index (χ1n) is 52.4. The molecule has 32 rings (SSSR count). The fourth-order valence-corrected chi connectivity index (χ4v) is 25.6. The first-order chi connectivity index (χ1) is 71.9. The molecule has 2 saturated heterocycles. The number of rotatable bonds is 20. The Balaban J connectivity index is 0.000000102. The number of hydrogen-bond acceptors (Lipinski definition) is 25. The van der Waals surface area contributed by atoms with Crippen LogP contribution in [0.15, 0.2) is 212 Å². The lowest BCUT2D eigenvalue weighted by atomic mass is 9.62. The van der Waals surface area contributed by atoms with Gasteiger partial charge in [-0.05, 0) is 260 Å². The zero-order valence-corrected chi connectivity index (χ0v) is 82.7. The van der Waals surface area contributed by atoms with E-state index in [0.29, 0.717) is 232 Å². The molecule has 34 heteroatoms. The first-order valence-corrected chi connectivity index (χ1v) is 52.4. The third-order valence-corrected chi connectivity index (χ3v) is 33.8. The van der Waals surface area contributed by atoms with Gasteiger partial charge in [-0.15, -0.1) is 0 Å². The number of likely N-dealkylation sites (N-methyl/N-ethyl adjacent to an activating group) is 1. The number of H-pyrrole nitrogens is 4. The summed E-state index contributed by atoms with van der Waals surface area (Å²) in [5.41, 5.74) is 7.96. The Bertz CT molecular complexity index is 7490. The van der Waals surface area contributed by atoms with Crippen LogP contribution in [0, 0.1) is 94.3 Å². The molecule has 12 saturated carbocycles. The van der Waals surface area contributed by atoms with Crippen molar-refractivity contribution < 1.29 is 44.4 Å². The van der Waals surface area contributed by atoms with Crippen LogP contribution in [0.3, 0.4) is 0 Å². The molecule has 754 valence electrons. The van der Waals surface area contributed by atoms with Crippen LogP contribution in [0.1, 0.15) is 130 Å². The molecule has 8 N–H and O–H groups in total. The maximum atomic E-state index is 14.1. The van der Waals surface area contributed by atoms with E-state index < -0.39 is 17.5 Å². The molecule has 8 unspecified atom stereocenters. The van der Waals surface area contributed by atoms with Gasteiger partial charge in [0.1, 0.15) is 91.9 Å². The fraction of sp³-hybridized carbons (Fsp3) is 0.398. The van der Waals surface area contributed by atoms with Gasteiger partial charge in [-0.1, -0.05) is 27.7 Å². The number of nitrogens with one attached hydrogen (secondary N) is 8. The molecule has 0 amide bonds. The van der Waals surface area contributed by atoms with E-state index in [9.17, 15) is 17.6 Å². The quantitative estimate of drug-likeness (QED) is 0.0329. The van der Waals surface area contributed by atoms with Gasteiger partial charge in [-0.25, -0.2) is 77.4 Å². The van der Waals surface area contributed by atoms with Crippen LogP contribution in [-0.4, -0.2) is 173 Å². The topological polar surface area (TPSA) is 356 Å². The number of pyridine rings is 4. The Labute approximate surface area is 845 Å². The van der Waals surface area contributed by atoms with E-state index in [1.807, 2.05) is 120 Å². The molecule has 12 aliphatic carbocycles. The summed E-state index contributed by atoms with van der Waals surface area (Å²) in [5, 5.41) is 17.7. The molecule has 18 aromatic heterocycles. The number of fused-ring (bicyclic) bond motifs is 16. The number of ether oxygens (including phenoxy) is 1. The lowest BCUT2D eigenvalue weighted by Crippen LogP contribution is -2.47. The summed E-state index contributed by atoms with van der Waals surface area (Å²) in [4.78, 5) is 75.2. The molecular weight excluding hydrogens is 1870 g/mol. The molecule has 20 heterocycles. The monoisotopic (exact) mass is 1980 g/mol. The zero-order valence-electron chi connectivity index (χ0n) is 82.7. The molecule has 2 aliphatic heterocycles. The minimum Gasteiger partial charge on any atom is -0.461 e. The number of aromatic nitrogens is 17. The Kier molecular flexibility index (Phi) is 25.1. The van der Waals surface area contributed by atoms with Gasteiger partial charge in [-0.2, -0.15) is 0 Å². The van der Waals surface area contributed by atoms with E-state index in [2.05, 4.69) is 111 Å². The highest BCUT2D eigenvalue weighted by Crippen LogP contribution is 2.52. The first kappa shape index (κ1) is 93.3. The Morgan fingerprint density at radius 2 is 0.612 bits per heavy atom. The zero-order chi connectivity index (χ0) is 99.2. The lowest BCUT2D eigenvalue weighted by molar-refractivity contribution is 0.0928. The molecule has 0 spiro atoms. The second-order valence-corrected chi connectivity index (χ2v) is 42.2. The smallest absolute Gasteiger partial charge is 0.204 e. The lowest BCUT2D eigenvalue weighted by Gasteiger charge is -2.47. The van der Waals surface area contributed by atoms with Crippen LogP contribution < -0.4 is 31.1 Å². The number of morpholine rings is 1. The van der Waals surface area contributed by atoms with Crippen molar-refractivity contribution in [3.8, 4) is 109 Å². The molecular formula is C113H118F4N24O6. The average Bonchev–Trinajstić information content (AvgIpc) is 1.72. The number of anilines is 6. The number of halogens is 4.